The van der Waals surface area contributed by atoms with Gasteiger partial charge in [0.25, 0.3) is 0 Å². The second kappa shape index (κ2) is 42.7. The van der Waals surface area contributed by atoms with Gasteiger partial charge in [-0.25, -0.2) is 0 Å². The first-order valence-electron chi connectivity index (χ1n) is 3.51. The van der Waals surface area contributed by atoms with Gasteiger partial charge in [0.15, 0.2) is 0 Å². The maximum atomic E-state index is 9.13. The first-order chi connectivity index (χ1) is 6.81. The smallest absolute Gasteiger partial charge is 1.00 e. The van der Waals surface area contributed by atoms with E-state index in [1.54, 1.807) is 0 Å². The van der Waals surface area contributed by atoms with Crippen molar-refractivity contribution in [2.45, 2.75) is 0 Å². The van der Waals surface area contributed by atoms with Gasteiger partial charge in [0.2, 0.25) is 0 Å². The Kier molecular flexibility index (Phi) is 107. The van der Waals surface area contributed by atoms with Gasteiger partial charge in [-0.3, -0.25) is 0 Å². The van der Waals surface area contributed by atoms with Crippen molar-refractivity contribution in [3.8, 4) is 0 Å². The molecule has 0 aromatic carbocycles. The number of carboxylic acid groups (broad SMARTS) is 3. The molecule has 0 saturated heterocycles. The molecule has 0 amide bonds. The number of carbonyl (C=O) groups is 3. The summed E-state index contributed by atoms with van der Waals surface area (Å²) < 4.78 is 0. The monoisotopic (exact) mass is 381 g/mol. The molecule has 0 aliphatic rings. The van der Waals surface area contributed by atoms with Crippen molar-refractivity contribution < 1.29 is 66.9 Å². The van der Waals surface area contributed by atoms with E-state index in [1.165, 1.54) is 0 Å². The molecular weight excluding hydrogens is 370 g/mol. The SMILES string of the molecule is NCC(=O)[O-].NCC(=O)[O-].NCC(=O)[O-].[Al+3].[Al+3].[Cl-].[Cl-].[Cl-]. The van der Waals surface area contributed by atoms with Gasteiger partial charge in [-0.2, -0.15) is 0 Å². The van der Waals surface area contributed by atoms with Gasteiger partial charge in [-0.15, -0.1) is 0 Å². The summed E-state index contributed by atoms with van der Waals surface area (Å²) in [4.78, 5) is 27.4. The zero-order valence-electron chi connectivity index (χ0n) is 10.1. The van der Waals surface area contributed by atoms with E-state index in [-0.39, 0.29) is 91.6 Å². The average molecular weight is 382 g/mol. The van der Waals surface area contributed by atoms with Crippen LogP contribution in [0.1, 0.15) is 0 Å². The fourth-order valence-electron chi connectivity index (χ4n) is 0. The van der Waals surface area contributed by atoms with Gasteiger partial charge in [0.1, 0.15) is 0 Å². The first-order valence-corrected chi connectivity index (χ1v) is 3.51. The summed E-state index contributed by atoms with van der Waals surface area (Å²) in [5.41, 5.74) is 13.5. The molecule has 0 fully saturated rings. The van der Waals surface area contributed by atoms with E-state index in [0.717, 1.165) is 0 Å². The summed E-state index contributed by atoms with van der Waals surface area (Å²) in [6.07, 6.45) is 0. The maximum absolute atomic E-state index is 9.13. The third-order valence-electron chi connectivity index (χ3n) is 0.500. The predicted molar refractivity (Wildman–Crippen MR) is 53.7 cm³/mol. The number of carboxylic acids is 3. The third-order valence-corrected chi connectivity index (χ3v) is 0.500. The Morgan fingerprint density at radius 1 is 0.600 bits per heavy atom. The molecule has 0 saturated carbocycles. The fourth-order valence-corrected chi connectivity index (χ4v) is 0. The minimum Gasteiger partial charge on any atom is -1.00 e. The molecule has 0 radical (unpaired) electrons. The van der Waals surface area contributed by atoms with E-state index in [4.69, 9.17) is 29.7 Å². The van der Waals surface area contributed by atoms with Gasteiger partial charge in [0, 0.05) is 19.6 Å². The van der Waals surface area contributed by atoms with Crippen LogP contribution in [0.4, 0.5) is 0 Å². The number of aliphatic carboxylic acids is 3. The Morgan fingerprint density at radius 2 is 0.650 bits per heavy atom. The van der Waals surface area contributed by atoms with Gasteiger partial charge in [0.05, 0.1) is 17.9 Å². The molecule has 0 aromatic rings. The number of carbonyl (C=O) groups excluding carboxylic acids is 3. The largest absolute Gasteiger partial charge is 3.00 e. The van der Waals surface area contributed by atoms with Crippen LogP contribution < -0.4 is 69.7 Å². The van der Waals surface area contributed by atoms with Gasteiger partial charge in [-0.1, -0.05) is 0 Å². The minimum absolute atomic E-state index is 0. The molecule has 0 aromatic heterocycles. The van der Waals surface area contributed by atoms with E-state index >= 15 is 0 Å². The molecule has 0 atom stereocenters. The summed E-state index contributed by atoms with van der Waals surface area (Å²) in [5, 5.41) is 27.4. The van der Waals surface area contributed by atoms with E-state index < -0.39 is 17.9 Å². The standard InChI is InChI=1S/3C2H5NO2.2Al.3ClH/c3*3-1-2(4)5;;;;;/h3*1,3H2,(H,4,5);;;3*1H/q;;;2*+3;;;/p-6. The van der Waals surface area contributed by atoms with Crippen LogP contribution in [0.2, 0.25) is 0 Å². The van der Waals surface area contributed by atoms with Crippen molar-refractivity contribution in [1.29, 1.82) is 0 Å². The van der Waals surface area contributed by atoms with Crippen molar-refractivity contribution in [2.24, 2.45) is 17.2 Å². The quantitative estimate of drug-likeness (QED) is 0.396. The molecule has 0 rings (SSSR count). The molecule has 0 aliphatic heterocycles. The third kappa shape index (κ3) is 140. The van der Waals surface area contributed by atoms with Crippen LogP contribution in [0, 0.1) is 0 Å². The van der Waals surface area contributed by atoms with E-state index in [2.05, 4.69) is 17.2 Å². The second-order valence-corrected chi connectivity index (χ2v) is 1.73. The van der Waals surface area contributed by atoms with E-state index in [0.29, 0.717) is 0 Å². The number of halogens is 3. The maximum Gasteiger partial charge on any atom is 3.00 e. The van der Waals surface area contributed by atoms with Crippen LogP contribution >= 0.6 is 0 Å². The molecule has 14 heteroatoms. The zero-order valence-corrected chi connectivity index (χ0v) is 14.7. The Bertz CT molecular complexity index is 183. The molecule has 0 spiro atoms. The zero-order chi connectivity index (χ0) is 12.9. The van der Waals surface area contributed by atoms with Gasteiger partial charge >= 0.3 is 34.7 Å². The first kappa shape index (κ1) is 50.0. The molecular formula is C6H12Al2Cl3N3O6. The summed E-state index contributed by atoms with van der Waals surface area (Å²) in [7, 11) is 0. The Morgan fingerprint density at radius 3 is 0.650 bits per heavy atom. The van der Waals surface area contributed by atoms with E-state index in [1.807, 2.05) is 0 Å². The number of hydrogen-bond acceptors (Lipinski definition) is 9. The molecule has 9 nitrogen and oxygen atoms in total. The average Bonchev–Trinajstić information content (AvgIpc) is 2.19. The molecule has 0 aliphatic carbocycles. The van der Waals surface area contributed by atoms with E-state index in [9.17, 15) is 0 Å². The van der Waals surface area contributed by atoms with Crippen molar-refractivity contribution in [3.63, 3.8) is 0 Å². The van der Waals surface area contributed by atoms with Crippen molar-refractivity contribution in [1.82, 2.24) is 0 Å². The Labute approximate surface area is 156 Å². The Balaban J connectivity index is -0.0000000160. The predicted octanol–water partition coefficient (Wildman–Crippen LogP) is -16.7. The normalized spacial score (nSPS) is 5.55. The molecule has 6 N–H and O–H groups in total. The number of nitrogens with two attached hydrogens (primary N) is 3. The van der Waals surface area contributed by atoms with Crippen molar-refractivity contribution in [3.05, 3.63) is 0 Å². The molecule has 20 heavy (non-hydrogen) atoms. The second-order valence-electron chi connectivity index (χ2n) is 1.73. The summed E-state index contributed by atoms with van der Waals surface area (Å²) in [6, 6.07) is 0. The summed E-state index contributed by atoms with van der Waals surface area (Å²) in [6.45, 7) is -1.17. The summed E-state index contributed by atoms with van der Waals surface area (Å²) >= 11 is 0. The molecule has 0 unspecified atom stereocenters. The van der Waals surface area contributed by atoms with Gasteiger partial charge in [-0.05, 0) is 0 Å². The van der Waals surface area contributed by atoms with Crippen LogP contribution in [0.25, 0.3) is 0 Å². The van der Waals surface area contributed by atoms with Crippen LogP contribution in [0.5, 0.6) is 0 Å². The van der Waals surface area contributed by atoms with Gasteiger partial charge < -0.3 is 84.1 Å². The number of hydrogen-bond donors (Lipinski definition) is 3. The topological polar surface area (TPSA) is 198 Å². The minimum atomic E-state index is -1.22. The van der Waals surface area contributed by atoms with Crippen molar-refractivity contribution >= 4 is 52.6 Å². The molecule has 114 valence electrons. The van der Waals surface area contributed by atoms with Crippen LogP contribution in [0.15, 0.2) is 0 Å². The Hall–Kier alpha value is 0.225. The number of rotatable bonds is 3. The van der Waals surface area contributed by atoms with Crippen LogP contribution in [-0.4, -0.2) is 72.3 Å². The molecule has 0 bridgehead atoms. The fraction of sp³-hybridized carbons (Fsp3) is 0.500. The van der Waals surface area contributed by atoms with Crippen LogP contribution in [-0.2, 0) is 14.4 Å². The van der Waals surface area contributed by atoms with Crippen LogP contribution in [0.3, 0.4) is 0 Å². The summed E-state index contributed by atoms with van der Waals surface area (Å²) in [5.74, 6) is -3.65. The molecule has 0 heterocycles. The van der Waals surface area contributed by atoms with Crippen molar-refractivity contribution in [2.75, 3.05) is 19.6 Å².